The van der Waals surface area contributed by atoms with Crippen molar-refractivity contribution in [2.45, 2.75) is 20.0 Å². The monoisotopic (exact) mass is 334 g/mol. The SMILES string of the molecule is Cc1ccc(C(=O)N2CCn3c(nnc3-c3ccccc3)C2)cc1O. The van der Waals surface area contributed by atoms with Gasteiger partial charge in [0, 0.05) is 24.2 Å². The fraction of sp³-hybridized carbons (Fsp3) is 0.211. The number of carbonyl (C=O) groups excluding carboxylic acids is 1. The minimum atomic E-state index is -0.106. The van der Waals surface area contributed by atoms with Crippen LogP contribution in [0.15, 0.2) is 48.5 Å². The van der Waals surface area contributed by atoms with Crippen molar-refractivity contribution in [3.05, 3.63) is 65.5 Å². The highest BCUT2D eigenvalue weighted by molar-refractivity contribution is 5.94. The lowest BCUT2D eigenvalue weighted by Crippen LogP contribution is -2.38. The smallest absolute Gasteiger partial charge is 0.254 e. The highest BCUT2D eigenvalue weighted by Gasteiger charge is 2.25. The number of phenols is 1. The first kappa shape index (κ1) is 15.4. The van der Waals surface area contributed by atoms with Gasteiger partial charge in [-0.05, 0) is 24.6 Å². The molecule has 0 bridgehead atoms. The molecule has 6 nitrogen and oxygen atoms in total. The van der Waals surface area contributed by atoms with Gasteiger partial charge in [0.15, 0.2) is 11.6 Å². The molecular weight excluding hydrogens is 316 g/mol. The molecule has 0 radical (unpaired) electrons. The van der Waals surface area contributed by atoms with E-state index in [0.29, 0.717) is 25.2 Å². The average Bonchev–Trinajstić information content (AvgIpc) is 3.07. The van der Waals surface area contributed by atoms with Crippen molar-refractivity contribution in [2.75, 3.05) is 6.54 Å². The largest absolute Gasteiger partial charge is 0.508 e. The molecule has 0 aliphatic carbocycles. The van der Waals surface area contributed by atoms with Crippen LogP contribution in [0.2, 0.25) is 0 Å². The van der Waals surface area contributed by atoms with Gasteiger partial charge in [-0.15, -0.1) is 10.2 Å². The van der Waals surface area contributed by atoms with Crippen LogP contribution in [0.25, 0.3) is 11.4 Å². The second-order valence-corrected chi connectivity index (χ2v) is 6.19. The van der Waals surface area contributed by atoms with E-state index in [4.69, 9.17) is 0 Å². The standard InChI is InChI=1S/C19H18N4O2/c1-13-7-8-15(11-16(13)24)19(25)22-9-10-23-17(12-22)20-21-18(23)14-5-3-2-4-6-14/h2-8,11,24H,9-10,12H2,1H3. The molecule has 126 valence electrons. The van der Waals surface area contributed by atoms with Gasteiger partial charge in [0.25, 0.3) is 5.91 Å². The first-order chi connectivity index (χ1) is 12.1. The number of hydrogen-bond acceptors (Lipinski definition) is 4. The summed E-state index contributed by atoms with van der Waals surface area (Å²) >= 11 is 0. The molecule has 0 spiro atoms. The van der Waals surface area contributed by atoms with E-state index in [9.17, 15) is 9.90 Å². The molecule has 0 saturated carbocycles. The van der Waals surface area contributed by atoms with Crippen LogP contribution in [0, 0.1) is 6.92 Å². The van der Waals surface area contributed by atoms with Gasteiger partial charge in [0.05, 0.1) is 6.54 Å². The fourth-order valence-electron chi connectivity index (χ4n) is 3.06. The summed E-state index contributed by atoms with van der Waals surface area (Å²) in [6.07, 6.45) is 0. The van der Waals surface area contributed by atoms with Gasteiger partial charge >= 0.3 is 0 Å². The number of nitrogens with zero attached hydrogens (tertiary/aromatic N) is 4. The lowest BCUT2D eigenvalue weighted by Gasteiger charge is -2.28. The quantitative estimate of drug-likeness (QED) is 0.782. The molecule has 1 aromatic heterocycles. The van der Waals surface area contributed by atoms with Crippen molar-refractivity contribution in [2.24, 2.45) is 0 Å². The van der Waals surface area contributed by atoms with E-state index >= 15 is 0 Å². The third-order valence-electron chi connectivity index (χ3n) is 4.53. The molecule has 2 heterocycles. The molecule has 1 aliphatic rings. The van der Waals surface area contributed by atoms with Gasteiger partial charge in [-0.3, -0.25) is 4.79 Å². The van der Waals surface area contributed by atoms with Crippen LogP contribution in [0.1, 0.15) is 21.7 Å². The van der Waals surface area contributed by atoms with Crippen LogP contribution >= 0.6 is 0 Å². The summed E-state index contributed by atoms with van der Waals surface area (Å²) in [5.41, 5.74) is 2.26. The van der Waals surface area contributed by atoms with Crippen LogP contribution in [-0.4, -0.2) is 37.2 Å². The molecule has 6 heteroatoms. The van der Waals surface area contributed by atoms with Crippen molar-refractivity contribution in [1.82, 2.24) is 19.7 Å². The zero-order chi connectivity index (χ0) is 17.4. The summed E-state index contributed by atoms with van der Waals surface area (Å²) in [7, 11) is 0. The minimum Gasteiger partial charge on any atom is -0.508 e. The minimum absolute atomic E-state index is 0.106. The summed E-state index contributed by atoms with van der Waals surface area (Å²) in [5.74, 6) is 1.63. The Morgan fingerprint density at radius 3 is 2.64 bits per heavy atom. The molecule has 4 rings (SSSR count). The average molecular weight is 334 g/mol. The number of amides is 1. The molecule has 1 aliphatic heterocycles. The third kappa shape index (κ3) is 2.76. The predicted octanol–water partition coefficient (Wildman–Crippen LogP) is 2.62. The molecule has 0 unspecified atom stereocenters. The van der Waals surface area contributed by atoms with E-state index in [0.717, 1.165) is 22.8 Å². The van der Waals surface area contributed by atoms with Crippen molar-refractivity contribution in [1.29, 1.82) is 0 Å². The van der Waals surface area contributed by atoms with Crippen LogP contribution in [0.3, 0.4) is 0 Å². The van der Waals surface area contributed by atoms with Gasteiger partial charge in [-0.25, -0.2) is 0 Å². The van der Waals surface area contributed by atoms with Crippen LogP contribution in [0.4, 0.5) is 0 Å². The molecule has 0 atom stereocenters. The maximum atomic E-state index is 12.7. The molecule has 2 aromatic carbocycles. The Bertz CT molecular complexity index is 934. The summed E-state index contributed by atoms with van der Waals surface area (Å²) in [6, 6.07) is 14.9. The molecule has 25 heavy (non-hydrogen) atoms. The van der Waals surface area contributed by atoms with E-state index in [1.54, 1.807) is 24.0 Å². The highest BCUT2D eigenvalue weighted by Crippen LogP contribution is 2.23. The zero-order valence-corrected chi connectivity index (χ0v) is 13.9. The Labute approximate surface area is 145 Å². The molecule has 0 fully saturated rings. The van der Waals surface area contributed by atoms with Gasteiger partial charge < -0.3 is 14.6 Å². The van der Waals surface area contributed by atoms with Crippen molar-refractivity contribution < 1.29 is 9.90 Å². The summed E-state index contributed by atoms with van der Waals surface area (Å²) < 4.78 is 2.06. The zero-order valence-electron chi connectivity index (χ0n) is 13.9. The molecule has 1 N–H and O–H groups in total. The number of carbonyl (C=O) groups is 1. The number of benzene rings is 2. The predicted molar refractivity (Wildman–Crippen MR) is 93.0 cm³/mol. The Morgan fingerprint density at radius 1 is 1.08 bits per heavy atom. The number of hydrogen-bond donors (Lipinski definition) is 1. The van der Waals surface area contributed by atoms with Crippen molar-refractivity contribution >= 4 is 5.91 Å². The van der Waals surface area contributed by atoms with E-state index in [1.807, 2.05) is 30.3 Å². The lowest BCUT2D eigenvalue weighted by atomic mass is 10.1. The molecular formula is C19H18N4O2. The summed E-state index contributed by atoms with van der Waals surface area (Å²) in [5, 5.41) is 18.4. The Balaban J connectivity index is 1.58. The number of aromatic hydroxyl groups is 1. The number of aromatic nitrogens is 3. The van der Waals surface area contributed by atoms with Crippen molar-refractivity contribution in [3.8, 4) is 17.1 Å². The van der Waals surface area contributed by atoms with Gasteiger partial charge in [0.1, 0.15) is 5.75 Å². The number of fused-ring (bicyclic) bond motifs is 1. The van der Waals surface area contributed by atoms with Crippen LogP contribution < -0.4 is 0 Å². The second kappa shape index (κ2) is 6.05. The van der Waals surface area contributed by atoms with Gasteiger partial charge in [-0.2, -0.15) is 0 Å². The number of phenolic OH excluding ortho intramolecular Hbond substituents is 1. The molecule has 1 amide bonds. The molecule has 3 aromatic rings. The van der Waals surface area contributed by atoms with Gasteiger partial charge in [-0.1, -0.05) is 36.4 Å². The first-order valence-electron chi connectivity index (χ1n) is 8.20. The normalized spacial score (nSPS) is 13.6. The van der Waals surface area contributed by atoms with Gasteiger partial charge in [0.2, 0.25) is 0 Å². The van der Waals surface area contributed by atoms with Crippen LogP contribution in [-0.2, 0) is 13.1 Å². The molecule has 0 saturated heterocycles. The Kier molecular flexibility index (Phi) is 3.72. The van der Waals surface area contributed by atoms with E-state index in [-0.39, 0.29) is 11.7 Å². The first-order valence-corrected chi connectivity index (χ1v) is 8.20. The topological polar surface area (TPSA) is 71.2 Å². The highest BCUT2D eigenvalue weighted by atomic mass is 16.3. The van der Waals surface area contributed by atoms with E-state index in [1.165, 1.54) is 6.07 Å². The van der Waals surface area contributed by atoms with E-state index in [2.05, 4.69) is 14.8 Å². The Morgan fingerprint density at radius 2 is 1.88 bits per heavy atom. The summed E-state index contributed by atoms with van der Waals surface area (Å²) in [6.45, 7) is 3.44. The summed E-state index contributed by atoms with van der Waals surface area (Å²) in [4.78, 5) is 14.4. The second-order valence-electron chi connectivity index (χ2n) is 6.19. The fourth-order valence-corrected chi connectivity index (χ4v) is 3.06. The maximum absolute atomic E-state index is 12.7. The van der Waals surface area contributed by atoms with Crippen LogP contribution in [0.5, 0.6) is 5.75 Å². The lowest BCUT2D eigenvalue weighted by molar-refractivity contribution is 0.0707. The van der Waals surface area contributed by atoms with Crippen molar-refractivity contribution in [3.63, 3.8) is 0 Å². The third-order valence-corrected chi connectivity index (χ3v) is 4.53. The Hall–Kier alpha value is -3.15. The van der Waals surface area contributed by atoms with E-state index < -0.39 is 0 Å². The maximum Gasteiger partial charge on any atom is 0.254 e. The number of aryl methyl sites for hydroxylation is 1. The number of rotatable bonds is 2.